The van der Waals surface area contributed by atoms with E-state index in [0.717, 1.165) is 35.2 Å². The summed E-state index contributed by atoms with van der Waals surface area (Å²) in [6, 6.07) is 17.0. The highest BCUT2D eigenvalue weighted by atomic mass is 35.5. The summed E-state index contributed by atoms with van der Waals surface area (Å²) in [7, 11) is 0. The maximum Gasteiger partial charge on any atom is 0.272 e. The Kier molecular flexibility index (Phi) is 5.29. The highest BCUT2D eigenvalue weighted by molar-refractivity contribution is 6.31. The third kappa shape index (κ3) is 3.86. The molecule has 144 valence electrons. The second-order valence-electron chi connectivity index (χ2n) is 6.82. The van der Waals surface area contributed by atoms with E-state index in [2.05, 4.69) is 10.00 Å². The Balaban J connectivity index is 1.51. The van der Waals surface area contributed by atoms with Crippen LogP contribution in [0.25, 0.3) is 5.69 Å². The first-order valence-corrected chi connectivity index (χ1v) is 9.89. The summed E-state index contributed by atoms with van der Waals surface area (Å²) in [6.45, 7) is 4.72. The fraction of sp³-hybridized carbons (Fsp3) is 0.238. The Morgan fingerprint density at radius 3 is 2.29 bits per heavy atom. The summed E-state index contributed by atoms with van der Waals surface area (Å²) < 4.78 is 1.69. The van der Waals surface area contributed by atoms with Crippen molar-refractivity contribution < 1.29 is 4.79 Å². The molecule has 2 heterocycles. The van der Waals surface area contributed by atoms with Gasteiger partial charge in [-0.15, -0.1) is 0 Å². The van der Waals surface area contributed by atoms with Crippen LogP contribution in [-0.4, -0.2) is 46.8 Å². The summed E-state index contributed by atoms with van der Waals surface area (Å²) >= 11 is 12.1. The van der Waals surface area contributed by atoms with E-state index in [1.54, 1.807) is 16.8 Å². The Labute approximate surface area is 174 Å². The number of halogens is 2. The van der Waals surface area contributed by atoms with Gasteiger partial charge < -0.3 is 9.80 Å². The smallest absolute Gasteiger partial charge is 0.272 e. The maximum atomic E-state index is 13.2. The normalized spacial score (nSPS) is 14.4. The zero-order valence-corrected chi connectivity index (χ0v) is 17.0. The van der Waals surface area contributed by atoms with Crippen molar-refractivity contribution in [2.75, 3.05) is 31.1 Å². The zero-order chi connectivity index (χ0) is 19.7. The van der Waals surface area contributed by atoms with E-state index in [9.17, 15) is 4.79 Å². The molecule has 5 nitrogen and oxygen atoms in total. The van der Waals surface area contributed by atoms with E-state index in [-0.39, 0.29) is 5.91 Å². The third-order valence-corrected chi connectivity index (χ3v) is 5.35. The first-order valence-electron chi connectivity index (χ1n) is 9.14. The third-order valence-electron chi connectivity index (χ3n) is 4.86. The molecule has 1 aliphatic heterocycles. The largest absolute Gasteiger partial charge is 0.368 e. The molecule has 0 bridgehead atoms. The number of carbonyl (C=O) groups excluding carboxylic acids is 1. The van der Waals surface area contributed by atoms with Crippen molar-refractivity contribution in [2.24, 2.45) is 0 Å². The van der Waals surface area contributed by atoms with E-state index in [4.69, 9.17) is 23.2 Å². The van der Waals surface area contributed by atoms with Gasteiger partial charge in [0, 0.05) is 41.9 Å². The lowest BCUT2D eigenvalue weighted by Crippen LogP contribution is -2.49. The predicted molar refractivity (Wildman–Crippen MR) is 113 cm³/mol. The van der Waals surface area contributed by atoms with Gasteiger partial charge in [0.15, 0.2) is 0 Å². The van der Waals surface area contributed by atoms with Crippen molar-refractivity contribution in [2.45, 2.75) is 6.92 Å². The number of aromatic nitrogens is 2. The molecule has 1 aliphatic rings. The van der Waals surface area contributed by atoms with Gasteiger partial charge >= 0.3 is 0 Å². The van der Waals surface area contributed by atoms with Crippen LogP contribution < -0.4 is 4.90 Å². The van der Waals surface area contributed by atoms with Crippen LogP contribution in [0.5, 0.6) is 0 Å². The first-order chi connectivity index (χ1) is 13.5. The second-order valence-corrected chi connectivity index (χ2v) is 7.69. The van der Waals surface area contributed by atoms with E-state index >= 15 is 0 Å². The molecule has 4 rings (SSSR count). The van der Waals surface area contributed by atoms with Crippen molar-refractivity contribution in [3.8, 4) is 5.69 Å². The maximum absolute atomic E-state index is 13.2. The number of amides is 1. The number of rotatable bonds is 3. The summed E-state index contributed by atoms with van der Waals surface area (Å²) in [5.74, 6) is -0.0127. The second kappa shape index (κ2) is 7.86. The average molecular weight is 415 g/mol. The number of anilines is 1. The molecule has 0 saturated carbocycles. The summed E-state index contributed by atoms with van der Waals surface area (Å²) in [6.07, 6.45) is 0. The van der Waals surface area contributed by atoms with E-state index in [1.807, 2.05) is 54.3 Å². The molecule has 1 saturated heterocycles. The van der Waals surface area contributed by atoms with Crippen molar-refractivity contribution >= 4 is 34.8 Å². The van der Waals surface area contributed by atoms with Gasteiger partial charge in [-0.25, -0.2) is 4.68 Å². The van der Waals surface area contributed by atoms with E-state index in [1.165, 1.54) is 0 Å². The fourth-order valence-electron chi connectivity index (χ4n) is 3.43. The molecule has 1 amide bonds. The van der Waals surface area contributed by atoms with Crippen LogP contribution in [0.2, 0.25) is 10.0 Å². The molecule has 0 atom stereocenters. The minimum Gasteiger partial charge on any atom is -0.368 e. The van der Waals surface area contributed by atoms with Gasteiger partial charge in [0.1, 0.15) is 5.69 Å². The Morgan fingerprint density at radius 1 is 0.893 bits per heavy atom. The van der Waals surface area contributed by atoms with Crippen LogP contribution in [-0.2, 0) is 0 Å². The van der Waals surface area contributed by atoms with Crippen molar-refractivity contribution in [1.82, 2.24) is 14.7 Å². The summed E-state index contributed by atoms with van der Waals surface area (Å²) in [5.41, 5.74) is 3.27. The Hall–Kier alpha value is -2.50. The van der Waals surface area contributed by atoms with Crippen LogP contribution in [0.15, 0.2) is 54.6 Å². The summed E-state index contributed by atoms with van der Waals surface area (Å²) in [5, 5.41) is 5.87. The van der Waals surface area contributed by atoms with Gasteiger partial charge in [-0.2, -0.15) is 5.10 Å². The highest BCUT2D eigenvalue weighted by Crippen LogP contribution is 2.22. The molecule has 1 fully saturated rings. The Morgan fingerprint density at radius 2 is 1.61 bits per heavy atom. The molecule has 2 aromatic carbocycles. The first kappa shape index (κ1) is 18.8. The molecule has 0 aliphatic carbocycles. The molecule has 0 unspecified atom stereocenters. The minimum absolute atomic E-state index is 0.0127. The van der Waals surface area contributed by atoms with E-state index < -0.39 is 0 Å². The Bertz CT molecular complexity index is 992. The highest BCUT2D eigenvalue weighted by Gasteiger charge is 2.25. The molecule has 1 aromatic heterocycles. The molecular formula is C21H20Cl2N4O. The fourth-order valence-corrected chi connectivity index (χ4v) is 3.74. The average Bonchev–Trinajstić information content (AvgIpc) is 3.10. The molecule has 0 radical (unpaired) electrons. The molecule has 7 heteroatoms. The van der Waals surface area contributed by atoms with Gasteiger partial charge in [-0.1, -0.05) is 29.3 Å². The van der Waals surface area contributed by atoms with Gasteiger partial charge in [0.05, 0.1) is 11.4 Å². The molecule has 3 aromatic rings. The lowest BCUT2D eigenvalue weighted by Gasteiger charge is -2.36. The number of nitrogens with zero attached hydrogens (tertiary/aromatic N) is 4. The number of carbonyl (C=O) groups is 1. The van der Waals surface area contributed by atoms with Crippen LogP contribution in [0.4, 0.5) is 5.69 Å². The van der Waals surface area contributed by atoms with Crippen LogP contribution in [0.1, 0.15) is 16.2 Å². The minimum atomic E-state index is -0.0127. The van der Waals surface area contributed by atoms with E-state index in [0.29, 0.717) is 23.8 Å². The molecule has 0 spiro atoms. The lowest BCUT2D eigenvalue weighted by atomic mass is 10.2. The number of benzene rings is 2. The number of hydrogen-bond donors (Lipinski definition) is 0. The zero-order valence-electron chi connectivity index (χ0n) is 15.5. The molecule has 0 N–H and O–H groups in total. The van der Waals surface area contributed by atoms with Gasteiger partial charge in [0.2, 0.25) is 0 Å². The van der Waals surface area contributed by atoms with Crippen LogP contribution >= 0.6 is 23.2 Å². The van der Waals surface area contributed by atoms with Crippen molar-refractivity contribution in [3.05, 3.63) is 76.0 Å². The summed E-state index contributed by atoms with van der Waals surface area (Å²) in [4.78, 5) is 17.3. The van der Waals surface area contributed by atoms with Crippen LogP contribution in [0.3, 0.4) is 0 Å². The number of piperazine rings is 1. The van der Waals surface area contributed by atoms with Gasteiger partial charge in [-0.05, 0) is 55.5 Å². The van der Waals surface area contributed by atoms with Crippen molar-refractivity contribution in [3.63, 3.8) is 0 Å². The van der Waals surface area contributed by atoms with Gasteiger partial charge in [-0.3, -0.25) is 4.79 Å². The standard InChI is InChI=1S/C21H20Cl2N4O/c1-15-13-20(27(24-15)18-7-5-16(22)6-8-18)21(28)26-11-9-25(10-12-26)19-4-2-3-17(23)14-19/h2-8,13-14H,9-12H2,1H3. The monoisotopic (exact) mass is 414 g/mol. The van der Waals surface area contributed by atoms with Crippen LogP contribution in [0, 0.1) is 6.92 Å². The van der Waals surface area contributed by atoms with Crippen molar-refractivity contribution in [1.29, 1.82) is 0 Å². The molecule has 28 heavy (non-hydrogen) atoms. The predicted octanol–water partition coefficient (Wildman–Crippen LogP) is 4.45. The number of hydrogen-bond acceptors (Lipinski definition) is 3. The molecular weight excluding hydrogens is 395 g/mol. The number of aryl methyl sites for hydroxylation is 1. The lowest BCUT2D eigenvalue weighted by molar-refractivity contribution is 0.0737. The quantitative estimate of drug-likeness (QED) is 0.635. The topological polar surface area (TPSA) is 41.4 Å². The SMILES string of the molecule is Cc1cc(C(=O)N2CCN(c3cccc(Cl)c3)CC2)n(-c2ccc(Cl)cc2)n1. The van der Waals surface area contributed by atoms with Gasteiger partial charge in [0.25, 0.3) is 5.91 Å².